The highest BCUT2D eigenvalue weighted by Gasteiger charge is 2.43. The fraction of sp³-hybridized carbons (Fsp3) is 0.600. The zero-order chi connectivity index (χ0) is 13.6. The minimum Gasteiger partial charge on any atom is -0.316 e. The highest BCUT2D eigenvalue weighted by Crippen LogP contribution is 2.38. The maximum atomic E-state index is 13.9. The monoisotopic (exact) mass is 266 g/mol. The summed E-state index contributed by atoms with van der Waals surface area (Å²) in [6, 6.07) is 4.35. The van der Waals surface area contributed by atoms with Crippen molar-refractivity contribution in [1.82, 2.24) is 10.2 Å². The zero-order valence-corrected chi connectivity index (χ0v) is 11.4. The summed E-state index contributed by atoms with van der Waals surface area (Å²) in [6.45, 7) is 7.35. The number of nitrogens with zero attached hydrogens (tertiary/aromatic N) is 1. The highest BCUT2D eigenvalue weighted by atomic mass is 19.1. The predicted molar refractivity (Wildman–Crippen MR) is 70.8 cm³/mol. The second-order valence-corrected chi connectivity index (χ2v) is 5.86. The van der Waals surface area contributed by atoms with Gasteiger partial charge in [-0.05, 0) is 44.8 Å². The number of benzene rings is 1. The first-order valence-corrected chi connectivity index (χ1v) is 6.99. The van der Waals surface area contributed by atoms with E-state index in [0.717, 1.165) is 25.7 Å². The molecule has 0 bridgehead atoms. The molecule has 2 fully saturated rings. The first-order valence-electron chi connectivity index (χ1n) is 6.99. The van der Waals surface area contributed by atoms with Gasteiger partial charge in [0.25, 0.3) is 0 Å². The summed E-state index contributed by atoms with van der Waals surface area (Å²) in [5, 5.41) is 3.42. The van der Waals surface area contributed by atoms with Crippen molar-refractivity contribution in [3.8, 4) is 0 Å². The number of halogens is 2. The summed E-state index contributed by atoms with van der Waals surface area (Å²) in [5.41, 5.74) is 0.598. The van der Waals surface area contributed by atoms with Crippen LogP contribution < -0.4 is 5.32 Å². The first-order chi connectivity index (χ1) is 9.08. The van der Waals surface area contributed by atoms with Gasteiger partial charge in [0.1, 0.15) is 11.6 Å². The summed E-state index contributed by atoms with van der Waals surface area (Å²) in [4.78, 5) is 2.35. The van der Waals surface area contributed by atoms with E-state index >= 15 is 0 Å². The van der Waals surface area contributed by atoms with E-state index in [9.17, 15) is 8.78 Å². The Bertz CT molecular complexity index is 477. The minimum absolute atomic E-state index is 0.00111. The van der Waals surface area contributed by atoms with Crippen LogP contribution in [0.5, 0.6) is 0 Å². The molecule has 3 rings (SSSR count). The lowest BCUT2D eigenvalue weighted by molar-refractivity contribution is 0.179. The molecule has 19 heavy (non-hydrogen) atoms. The Morgan fingerprint density at radius 1 is 1.32 bits per heavy atom. The maximum absolute atomic E-state index is 13.9. The summed E-state index contributed by atoms with van der Waals surface area (Å²) >= 11 is 0. The highest BCUT2D eigenvalue weighted by molar-refractivity contribution is 5.22. The van der Waals surface area contributed by atoms with Gasteiger partial charge in [0, 0.05) is 30.3 Å². The van der Waals surface area contributed by atoms with Crippen molar-refractivity contribution >= 4 is 0 Å². The van der Waals surface area contributed by atoms with Crippen LogP contribution in [0.4, 0.5) is 8.78 Å². The third-order valence-corrected chi connectivity index (χ3v) is 4.89. The average molecular weight is 266 g/mol. The molecule has 1 aromatic carbocycles. The molecule has 2 aliphatic heterocycles. The molecule has 1 aromatic rings. The van der Waals surface area contributed by atoms with Gasteiger partial charge in [-0.1, -0.05) is 6.07 Å². The van der Waals surface area contributed by atoms with Gasteiger partial charge >= 0.3 is 0 Å². The Hall–Kier alpha value is -1.00. The molecule has 2 aliphatic rings. The van der Waals surface area contributed by atoms with Crippen molar-refractivity contribution in [2.45, 2.75) is 25.9 Å². The molecule has 2 saturated heterocycles. The van der Waals surface area contributed by atoms with E-state index < -0.39 is 11.6 Å². The summed E-state index contributed by atoms with van der Waals surface area (Å²) < 4.78 is 26.9. The number of hydrogen-bond acceptors (Lipinski definition) is 2. The van der Waals surface area contributed by atoms with E-state index in [2.05, 4.69) is 17.1 Å². The van der Waals surface area contributed by atoms with Crippen molar-refractivity contribution < 1.29 is 8.78 Å². The van der Waals surface area contributed by atoms with Crippen LogP contribution in [-0.4, -0.2) is 30.6 Å². The molecule has 4 atom stereocenters. The van der Waals surface area contributed by atoms with Crippen LogP contribution in [0.25, 0.3) is 0 Å². The molecule has 4 heteroatoms. The van der Waals surface area contributed by atoms with Crippen molar-refractivity contribution in [2.24, 2.45) is 11.8 Å². The Kier molecular flexibility index (Phi) is 3.31. The molecule has 1 N–H and O–H groups in total. The molecule has 4 unspecified atom stereocenters. The molecule has 2 nitrogen and oxygen atoms in total. The number of rotatable bonds is 2. The van der Waals surface area contributed by atoms with Crippen LogP contribution in [0, 0.1) is 23.5 Å². The van der Waals surface area contributed by atoms with Crippen LogP contribution in [-0.2, 0) is 0 Å². The van der Waals surface area contributed by atoms with Gasteiger partial charge in [-0.2, -0.15) is 0 Å². The summed E-state index contributed by atoms with van der Waals surface area (Å²) in [6.07, 6.45) is 0. The van der Waals surface area contributed by atoms with Crippen molar-refractivity contribution in [3.63, 3.8) is 0 Å². The Morgan fingerprint density at radius 3 is 2.79 bits per heavy atom. The molecular formula is C15H20F2N2. The van der Waals surface area contributed by atoms with E-state index in [1.807, 2.05) is 6.92 Å². The van der Waals surface area contributed by atoms with Crippen molar-refractivity contribution in [2.75, 3.05) is 19.6 Å². The summed E-state index contributed by atoms with van der Waals surface area (Å²) in [5.74, 6) is 0.380. The molecule has 0 amide bonds. The van der Waals surface area contributed by atoms with Gasteiger partial charge < -0.3 is 5.32 Å². The molecular weight excluding hydrogens is 246 g/mol. The number of likely N-dealkylation sites (tertiary alicyclic amines) is 1. The second-order valence-electron chi connectivity index (χ2n) is 5.86. The van der Waals surface area contributed by atoms with Gasteiger partial charge in [-0.3, -0.25) is 4.90 Å². The normalized spacial score (nSPS) is 32.5. The largest absolute Gasteiger partial charge is 0.316 e. The van der Waals surface area contributed by atoms with Crippen LogP contribution >= 0.6 is 0 Å². The van der Waals surface area contributed by atoms with Gasteiger partial charge in [0.15, 0.2) is 0 Å². The molecule has 0 spiro atoms. The van der Waals surface area contributed by atoms with Crippen LogP contribution in [0.15, 0.2) is 18.2 Å². The molecule has 0 aromatic heterocycles. The van der Waals surface area contributed by atoms with Crippen LogP contribution in [0.1, 0.15) is 25.5 Å². The van der Waals surface area contributed by atoms with E-state index in [4.69, 9.17) is 0 Å². The number of fused-ring (bicyclic) bond motifs is 1. The molecule has 0 radical (unpaired) electrons. The van der Waals surface area contributed by atoms with Gasteiger partial charge in [-0.25, -0.2) is 8.78 Å². The maximum Gasteiger partial charge on any atom is 0.130 e. The zero-order valence-electron chi connectivity index (χ0n) is 11.4. The Labute approximate surface area is 112 Å². The SMILES string of the molecule is CC(c1ccc(F)cc1F)N1CC2CNCC2C1C. The first kappa shape index (κ1) is 13.0. The van der Waals surface area contributed by atoms with E-state index in [1.54, 1.807) is 6.07 Å². The molecule has 0 aliphatic carbocycles. The lowest BCUT2D eigenvalue weighted by Gasteiger charge is -2.31. The lowest BCUT2D eigenvalue weighted by atomic mass is 9.95. The Morgan fingerprint density at radius 2 is 2.11 bits per heavy atom. The van der Waals surface area contributed by atoms with Crippen molar-refractivity contribution in [1.29, 1.82) is 0 Å². The van der Waals surface area contributed by atoms with E-state index in [-0.39, 0.29) is 6.04 Å². The summed E-state index contributed by atoms with van der Waals surface area (Å²) in [7, 11) is 0. The predicted octanol–water partition coefficient (Wildman–Crippen LogP) is 2.57. The quantitative estimate of drug-likeness (QED) is 0.885. The topological polar surface area (TPSA) is 15.3 Å². The number of hydrogen-bond donors (Lipinski definition) is 1. The van der Waals surface area contributed by atoms with Crippen LogP contribution in [0.2, 0.25) is 0 Å². The fourth-order valence-corrected chi connectivity index (χ4v) is 3.73. The minimum atomic E-state index is -0.510. The van der Waals surface area contributed by atoms with Gasteiger partial charge in [-0.15, -0.1) is 0 Å². The van der Waals surface area contributed by atoms with Gasteiger partial charge in [0.05, 0.1) is 0 Å². The second kappa shape index (κ2) is 4.84. The lowest BCUT2D eigenvalue weighted by Crippen LogP contribution is -2.35. The Balaban J connectivity index is 1.82. The third-order valence-electron chi connectivity index (χ3n) is 4.89. The smallest absolute Gasteiger partial charge is 0.130 e. The average Bonchev–Trinajstić information content (AvgIpc) is 2.92. The van der Waals surface area contributed by atoms with Crippen molar-refractivity contribution in [3.05, 3.63) is 35.4 Å². The fourth-order valence-electron chi connectivity index (χ4n) is 3.73. The standard InChI is InChI=1S/C15H20F2N2/c1-9(13-4-3-12(16)5-15(13)17)19-8-11-6-18-7-14(11)10(19)2/h3-5,9-11,14,18H,6-8H2,1-2H3. The van der Waals surface area contributed by atoms with Gasteiger partial charge in [0.2, 0.25) is 0 Å². The number of nitrogens with one attached hydrogen (secondary N) is 1. The molecule has 2 heterocycles. The third kappa shape index (κ3) is 2.17. The molecule has 0 saturated carbocycles. The van der Waals surface area contributed by atoms with E-state index in [0.29, 0.717) is 23.4 Å². The van der Waals surface area contributed by atoms with E-state index in [1.165, 1.54) is 6.07 Å². The molecule has 104 valence electrons. The van der Waals surface area contributed by atoms with Crippen LogP contribution in [0.3, 0.4) is 0 Å².